The highest BCUT2D eigenvalue weighted by molar-refractivity contribution is 5.39. The van der Waals surface area contributed by atoms with Gasteiger partial charge < -0.3 is 15.3 Å². The number of allylic oxidation sites excluding steroid dienone is 6. The maximum Gasteiger partial charge on any atom is 0.429 e. The summed E-state index contributed by atoms with van der Waals surface area (Å²) in [6.45, 7) is 15.3. The second kappa shape index (κ2) is 12.9. The van der Waals surface area contributed by atoms with Crippen molar-refractivity contribution in [2.75, 3.05) is 0 Å². The molecule has 45 heavy (non-hydrogen) atoms. The smallest absolute Gasteiger partial charge is 0.393 e. The molecule has 256 valence electrons. The third kappa shape index (κ3) is 7.18. The Bertz CT molecular complexity index is 1180. The molecule has 0 aromatic carbocycles. The highest BCUT2D eigenvalue weighted by Gasteiger charge is 2.69. The Labute approximate surface area is 262 Å². The Hall–Kier alpha value is -1.91. The minimum atomic E-state index is -5.96. The molecule has 0 spiro atoms. The molecule has 0 aromatic heterocycles. The molecule has 0 aliphatic heterocycles. The summed E-state index contributed by atoms with van der Waals surface area (Å²) >= 11 is 0. The monoisotopic (exact) mass is 650 g/mol. The molecule has 3 saturated carbocycles. The van der Waals surface area contributed by atoms with Crippen LogP contribution >= 0.6 is 0 Å². The number of aliphatic hydroxyl groups is 3. The highest BCUT2D eigenvalue weighted by atomic mass is 19.4. The van der Waals surface area contributed by atoms with Gasteiger partial charge in [0, 0.05) is 6.42 Å². The van der Waals surface area contributed by atoms with E-state index in [0.29, 0.717) is 49.7 Å². The molecule has 6 atom stereocenters. The lowest BCUT2D eigenvalue weighted by Crippen LogP contribution is -2.55. The average Bonchev–Trinajstić information content (AvgIpc) is 3.21. The molecule has 1 unspecified atom stereocenters. The SMILES string of the molecule is C=C[C@]1([C@@](C)(C/C=C\C(O)(C(F)(F)F)C(F)(F)F)CCCC(C)(C)O)CCC2/C(=C/C=C3/C[C@@H](O)C[C@H](F)C3=C)CCC[C@@]21C. The van der Waals surface area contributed by atoms with E-state index in [1.54, 1.807) is 13.8 Å². The van der Waals surface area contributed by atoms with Crippen molar-refractivity contribution in [3.63, 3.8) is 0 Å². The Morgan fingerprint density at radius 1 is 0.978 bits per heavy atom. The van der Waals surface area contributed by atoms with Gasteiger partial charge in [0.2, 0.25) is 0 Å². The molecule has 3 aliphatic rings. The quantitative estimate of drug-likeness (QED) is 0.163. The molecule has 3 rings (SSSR count). The van der Waals surface area contributed by atoms with Gasteiger partial charge >= 0.3 is 12.4 Å². The van der Waals surface area contributed by atoms with Crippen molar-refractivity contribution in [3.05, 3.63) is 60.3 Å². The first-order chi connectivity index (χ1) is 20.5. The van der Waals surface area contributed by atoms with Crippen LogP contribution in [0.1, 0.15) is 98.3 Å². The van der Waals surface area contributed by atoms with Crippen LogP contribution < -0.4 is 0 Å². The van der Waals surface area contributed by atoms with E-state index >= 15 is 0 Å². The van der Waals surface area contributed by atoms with Crippen molar-refractivity contribution in [2.24, 2.45) is 22.2 Å². The number of rotatable bonds is 10. The highest BCUT2D eigenvalue weighted by Crippen LogP contribution is 2.71. The number of halogens is 7. The Morgan fingerprint density at radius 2 is 1.60 bits per heavy atom. The Morgan fingerprint density at radius 3 is 2.16 bits per heavy atom. The topological polar surface area (TPSA) is 60.7 Å². The van der Waals surface area contributed by atoms with Crippen molar-refractivity contribution in [1.29, 1.82) is 0 Å². The van der Waals surface area contributed by atoms with E-state index in [9.17, 15) is 46.1 Å². The molecule has 10 heteroatoms. The molecule has 0 bridgehead atoms. The number of hydrogen-bond acceptors (Lipinski definition) is 3. The first-order valence-electron chi connectivity index (χ1n) is 15.8. The van der Waals surface area contributed by atoms with Gasteiger partial charge in [0.05, 0.1) is 11.7 Å². The van der Waals surface area contributed by atoms with Gasteiger partial charge in [0.1, 0.15) is 6.17 Å². The summed E-state index contributed by atoms with van der Waals surface area (Å²) in [5, 5.41) is 30.3. The summed E-state index contributed by atoms with van der Waals surface area (Å²) in [7, 11) is 0. The zero-order chi connectivity index (χ0) is 34.3. The molecule has 0 heterocycles. The Kier molecular flexibility index (Phi) is 10.8. The lowest BCUT2D eigenvalue weighted by molar-refractivity contribution is -0.347. The molecule has 0 radical (unpaired) electrons. The van der Waals surface area contributed by atoms with Gasteiger partial charge in [-0.05, 0) is 111 Å². The van der Waals surface area contributed by atoms with Gasteiger partial charge in [-0.1, -0.05) is 56.7 Å². The molecule has 0 amide bonds. The van der Waals surface area contributed by atoms with Crippen LogP contribution in [0, 0.1) is 22.2 Å². The summed E-state index contributed by atoms with van der Waals surface area (Å²) in [6.07, 6.45) is -2.74. The zero-order valence-electron chi connectivity index (χ0n) is 26.8. The molecular weight excluding hydrogens is 601 g/mol. The van der Waals surface area contributed by atoms with Gasteiger partial charge in [0.15, 0.2) is 0 Å². The zero-order valence-corrected chi connectivity index (χ0v) is 26.8. The first kappa shape index (κ1) is 37.5. The van der Waals surface area contributed by atoms with Crippen molar-refractivity contribution >= 4 is 0 Å². The van der Waals surface area contributed by atoms with Gasteiger partial charge in [-0.2, -0.15) is 26.3 Å². The van der Waals surface area contributed by atoms with E-state index in [2.05, 4.69) is 20.1 Å². The Balaban J connectivity index is 2.05. The van der Waals surface area contributed by atoms with E-state index < -0.39 is 52.1 Å². The van der Waals surface area contributed by atoms with E-state index in [0.717, 1.165) is 30.9 Å². The van der Waals surface area contributed by atoms with E-state index in [4.69, 9.17) is 0 Å². The fourth-order valence-corrected chi connectivity index (χ4v) is 8.58. The van der Waals surface area contributed by atoms with Gasteiger partial charge in [-0.15, -0.1) is 6.58 Å². The second-order valence-corrected chi connectivity index (χ2v) is 14.7. The molecule has 3 aliphatic carbocycles. The van der Waals surface area contributed by atoms with Crippen molar-refractivity contribution in [3.8, 4) is 0 Å². The minimum Gasteiger partial charge on any atom is -0.393 e. The minimum absolute atomic E-state index is 0.0130. The summed E-state index contributed by atoms with van der Waals surface area (Å²) < 4.78 is 95.3. The van der Waals surface area contributed by atoms with Crippen LogP contribution in [0.25, 0.3) is 0 Å². The summed E-state index contributed by atoms with van der Waals surface area (Å²) in [6, 6.07) is 0. The predicted molar refractivity (Wildman–Crippen MR) is 162 cm³/mol. The maximum atomic E-state index is 14.4. The van der Waals surface area contributed by atoms with Crippen LogP contribution in [-0.2, 0) is 0 Å². The van der Waals surface area contributed by atoms with Crippen LogP contribution in [0.2, 0.25) is 0 Å². The second-order valence-electron chi connectivity index (χ2n) is 14.7. The number of hydrogen-bond donors (Lipinski definition) is 3. The van der Waals surface area contributed by atoms with E-state index in [1.807, 2.05) is 25.2 Å². The molecule has 0 aromatic rings. The lowest BCUT2D eigenvalue weighted by Gasteiger charge is -2.57. The van der Waals surface area contributed by atoms with Gasteiger partial charge in [-0.25, -0.2) is 4.39 Å². The standard InChI is InChI=1S/C35H49F7O3/c1-7-32(30(5,16-9-15-29(3,4)44)17-10-19-33(45,34(37,38)39)35(40,41)42)20-14-27-24(11-8-18-31(27,32)6)12-13-25-21-26(43)22-28(36)23(25)2/h7,10,12-13,19,26-28,43-45H,1-2,8-9,11,14-18,20-22H2,3-6H3/b19-10-,24-12+,25-13-/t26-,27?,28+,30-,31+,32-/m1/s1. The summed E-state index contributed by atoms with van der Waals surface area (Å²) in [5.74, 6) is 0.0314. The molecule has 3 fully saturated rings. The average molecular weight is 651 g/mol. The van der Waals surface area contributed by atoms with Crippen LogP contribution in [0.3, 0.4) is 0 Å². The van der Waals surface area contributed by atoms with Gasteiger partial charge in [0.25, 0.3) is 5.60 Å². The third-order valence-electron chi connectivity index (χ3n) is 11.2. The van der Waals surface area contributed by atoms with Crippen LogP contribution in [0.4, 0.5) is 30.7 Å². The molecule has 3 nitrogen and oxygen atoms in total. The molecular formula is C35H49F7O3. The van der Waals surface area contributed by atoms with Crippen molar-refractivity contribution in [2.45, 2.75) is 134 Å². The molecule has 0 saturated heterocycles. The summed E-state index contributed by atoms with van der Waals surface area (Å²) in [5.41, 5.74) is -5.90. The normalized spacial score (nSPS) is 33.6. The number of alkyl halides is 7. The lowest BCUT2D eigenvalue weighted by atomic mass is 9.46. The predicted octanol–water partition coefficient (Wildman–Crippen LogP) is 9.41. The fraction of sp³-hybridized carbons (Fsp3) is 0.714. The first-order valence-corrected chi connectivity index (χ1v) is 15.8. The fourth-order valence-electron chi connectivity index (χ4n) is 8.58. The van der Waals surface area contributed by atoms with Crippen LogP contribution in [0.15, 0.2) is 60.3 Å². The van der Waals surface area contributed by atoms with E-state index in [1.165, 1.54) is 0 Å². The van der Waals surface area contributed by atoms with Gasteiger partial charge in [-0.3, -0.25) is 0 Å². The van der Waals surface area contributed by atoms with Crippen LogP contribution in [0.5, 0.6) is 0 Å². The largest absolute Gasteiger partial charge is 0.429 e. The molecule has 3 N–H and O–H groups in total. The number of fused-ring (bicyclic) bond motifs is 1. The maximum absolute atomic E-state index is 14.4. The number of aliphatic hydroxyl groups excluding tert-OH is 1. The van der Waals surface area contributed by atoms with Crippen molar-refractivity contribution < 1.29 is 46.1 Å². The summed E-state index contributed by atoms with van der Waals surface area (Å²) in [4.78, 5) is 0. The third-order valence-corrected chi connectivity index (χ3v) is 11.2. The van der Waals surface area contributed by atoms with Crippen molar-refractivity contribution in [1.82, 2.24) is 0 Å². The van der Waals surface area contributed by atoms with E-state index in [-0.39, 0.29) is 24.8 Å². The van der Waals surface area contributed by atoms with Crippen LogP contribution in [-0.4, -0.2) is 51.1 Å².